The second kappa shape index (κ2) is 6.71. The first-order valence-electron chi connectivity index (χ1n) is 9.72. The molecule has 2 aromatic heterocycles. The third kappa shape index (κ3) is 2.96. The van der Waals surface area contributed by atoms with Gasteiger partial charge in [0.05, 0.1) is 11.6 Å². The molecule has 1 aliphatic heterocycles. The lowest BCUT2D eigenvalue weighted by atomic mass is 9.82. The van der Waals surface area contributed by atoms with Gasteiger partial charge in [0.25, 0.3) is 5.91 Å². The van der Waals surface area contributed by atoms with Gasteiger partial charge in [-0.2, -0.15) is 5.26 Å². The molecule has 26 heavy (non-hydrogen) atoms. The van der Waals surface area contributed by atoms with Crippen molar-refractivity contribution in [2.75, 3.05) is 0 Å². The zero-order chi connectivity index (χ0) is 18.1. The average molecular weight is 351 g/mol. The van der Waals surface area contributed by atoms with Crippen molar-refractivity contribution >= 4 is 17.1 Å². The number of fused-ring (bicyclic) bond motifs is 3. The molecule has 2 aromatic rings. The Balaban J connectivity index is 1.74. The summed E-state index contributed by atoms with van der Waals surface area (Å²) in [6, 6.07) is 4.17. The summed E-state index contributed by atoms with van der Waals surface area (Å²) in [5.74, 6) is 0.828. The first-order chi connectivity index (χ1) is 12.6. The maximum atomic E-state index is 13.1. The Kier molecular flexibility index (Phi) is 4.39. The fourth-order valence-electron chi connectivity index (χ4n) is 4.29. The lowest BCUT2D eigenvalue weighted by Crippen LogP contribution is -2.48. The van der Waals surface area contributed by atoms with Gasteiger partial charge in [0.2, 0.25) is 0 Å². The summed E-state index contributed by atoms with van der Waals surface area (Å²) in [6.45, 7) is 2.82. The van der Waals surface area contributed by atoms with E-state index < -0.39 is 5.54 Å². The summed E-state index contributed by atoms with van der Waals surface area (Å²) in [4.78, 5) is 22.5. The highest BCUT2D eigenvalue weighted by Crippen LogP contribution is 2.29. The van der Waals surface area contributed by atoms with E-state index in [4.69, 9.17) is 4.98 Å². The van der Waals surface area contributed by atoms with Crippen molar-refractivity contribution < 1.29 is 4.79 Å². The molecule has 0 atom stereocenters. The van der Waals surface area contributed by atoms with Gasteiger partial charge in [-0.15, -0.1) is 0 Å². The summed E-state index contributed by atoms with van der Waals surface area (Å²) in [5, 5.41) is 12.7. The Morgan fingerprint density at radius 3 is 2.73 bits per heavy atom. The number of aryl methyl sites for hydroxylation is 3. The zero-order valence-corrected chi connectivity index (χ0v) is 15.3. The second-order valence-corrected chi connectivity index (χ2v) is 7.68. The van der Waals surface area contributed by atoms with Crippen LogP contribution in [0.4, 0.5) is 0 Å². The molecule has 4 rings (SSSR count). The van der Waals surface area contributed by atoms with Gasteiger partial charge in [-0.05, 0) is 38.7 Å². The first-order valence-corrected chi connectivity index (χ1v) is 9.72. The molecule has 6 heteroatoms. The molecule has 2 aliphatic rings. The quantitative estimate of drug-likeness (QED) is 0.898. The lowest BCUT2D eigenvalue weighted by Gasteiger charge is -2.31. The zero-order valence-electron chi connectivity index (χ0n) is 15.3. The van der Waals surface area contributed by atoms with E-state index in [1.54, 1.807) is 6.07 Å². The molecule has 0 unspecified atom stereocenters. The lowest BCUT2D eigenvalue weighted by molar-refractivity contribution is 0.0904. The fourth-order valence-corrected chi connectivity index (χ4v) is 4.29. The van der Waals surface area contributed by atoms with Crippen LogP contribution in [0.25, 0.3) is 11.2 Å². The van der Waals surface area contributed by atoms with Crippen LogP contribution in [-0.2, 0) is 13.0 Å². The average Bonchev–Trinajstić information content (AvgIpc) is 2.83. The van der Waals surface area contributed by atoms with E-state index in [-0.39, 0.29) is 5.91 Å². The minimum Gasteiger partial charge on any atom is -0.334 e. The number of hydrogen-bond acceptors (Lipinski definition) is 4. The summed E-state index contributed by atoms with van der Waals surface area (Å²) in [6.07, 6.45) is 8.92. The standard InChI is InChI=1S/C20H25N5O/c1-14-12-15(19(26)24-20(13-21)9-5-3-6-10-20)17-18(22-14)25-11-7-2-4-8-16(25)23-17/h12H,2-11H2,1H3,(H,24,26). The van der Waals surface area contributed by atoms with Gasteiger partial charge in [0.15, 0.2) is 5.65 Å². The van der Waals surface area contributed by atoms with E-state index in [0.717, 1.165) is 75.1 Å². The Hall–Kier alpha value is -2.42. The van der Waals surface area contributed by atoms with Crippen LogP contribution in [0.3, 0.4) is 0 Å². The summed E-state index contributed by atoms with van der Waals surface area (Å²) < 4.78 is 2.17. The van der Waals surface area contributed by atoms with E-state index in [2.05, 4.69) is 20.9 Å². The molecule has 1 N–H and O–H groups in total. The normalized spacial score (nSPS) is 19.4. The molecule has 0 radical (unpaired) electrons. The highest BCUT2D eigenvalue weighted by molar-refractivity contribution is 6.04. The Labute approximate surface area is 153 Å². The van der Waals surface area contributed by atoms with E-state index in [1.807, 2.05) is 6.92 Å². The molecular weight excluding hydrogens is 326 g/mol. The third-order valence-electron chi connectivity index (χ3n) is 5.71. The van der Waals surface area contributed by atoms with Crippen LogP contribution >= 0.6 is 0 Å². The highest BCUT2D eigenvalue weighted by Gasteiger charge is 2.34. The monoisotopic (exact) mass is 351 g/mol. The number of imidazole rings is 1. The Bertz CT molecular complexity index is 886. The summed E-state index contributed by atoms with van der Waals surface area (Å²) >= 11 is 0. The molecule has 0 aromatic carbocycles. The molecule has 1 aliphatic carbocycles. The van der Waals surface area contributed by atoms with Crippen molar-refractivity contribution in [2.45, 2.75) is 76.8 Å². The molecule has 0 bridgehead atoms. The first kappa shape index (κ1) is 17.0. The molecule has 1 fully saturated rings. The van der Waals surface area contributed by atoms with E-state index >= 15 is 0 Å². The van der Waals surface area contributed by atoms with Crippen LogP contribution in [0, 0.1) is 18.3 Å². The predicted octanol–water partition coefficient (Wildman–Crippen LogP) is 3.42. The molecule has 1 saturated carbocycles. The SMILES string of the molecule is Cc1cc(C(=O)NC2(C#N)CCCCC2)c2nc3n(c2n1)CCCCC3. The van der Waals surface area contributed by atoms with Crippen molar-refractivity contribution in [1.29, 1.82) is 5.26 Å². The van der Waals surface area contributed by atoms with Crippen LogP contribution in [0.1, 0.15) is 73.2 Å². The molecule has 6 nitrogen and oxygen atoms in total. The topological polar surface area (TPSA) is 83.6 Å². The largest absolute Gasteiger partial charge is 0.334 e. The fraction of sp³-hybridized carbons (Fsp3) is 0.600. The van der Waals surface area contributed by atoms with E-state index in [1.165, 1.54) is 6.42 Å². The highest BCUT2D eigenvalue weighted by atomic mass is 16.1. The van der Waals surface area contributed by atoms with E-state index in [0.29, 0.717) is 11.1 Å². The third-order valence-corrected chi connectivity index (χ3v) is 5.71. The van der Waals surface area contributed by atoms with Gasteiger partial charge < -0.3 is 9.88 Å². The van der Waals surface area contributed by atoms with Gasteiger partial charge in [0, 0.05) is 18.7 Å². The van der Waals surface area contributed by atoms with Crippen LogP contribution in [-0.4, -0.2) is 26.0 Å². The molecule has 3 heterocycles. The minimum atomic E-state index is -0.740. The number of nitrogens with zero attached hydrogens (tertiary/aromatic N) is 4. The maximum Gasteiger partial charge on any atom is 0.254 e. The van der Waals surface area contributed by atoms with Gasteiger partial charge >= 0.3 is 0 Å². The smallest absolute Gasteiger partial charge is 0.254 e. The maximum absolute atomic E-state index is 13.1. The second-order valence-electron chi connectivity index (χ2n) is 7.68. The number of carbonyl (C=O) groups excluding carboxylic acids is 1. The Morgan fingerprint density at radius 2 is 1.96 bits per heavy atom. The van der Waals surface area contributed by atoms with Crippen LogP contribution in [0.15, 0.2) is 6.07 Å². The summed E-state index contributed by atoms with van der Waals surface area (Å²) in [7, 11) is 0. The summed E-state index contributed by atoms with van der Waals surface area (Å²) in [5.41, 5.74) is 2.10. The number of nitriles is 1. The number of nitrogens with one attached hydrogen (secondary N) is 1. The van der Waals surface area contributed by atoms with E-state index in [9.17, 15) is 10.1 Å². The molecular formula is C20H25N5O. The van der Waals surface area contributed by atoms with Crippen molar-refractivity contribution in [3.63, 3.8) is 0 Å². The molecule has 0 saturated heterocycles. The Morgan fingerprint density at radius 1 is 1.19 bits per heavy atom. The van der Waals surface area contributed by atoms with Crippen molar-refractivity contribution in [3.05, 3.63) is 23.1 Å². The number of aromatic nitrogens is 3. The molecule has 136 valence electrons. The van der Waals surface area contributed by atoms with Crippen molar-refractivity contribution in [3.8, 4) is 6.07 Å². The number of hydrogen-bond donors (Lipinski definition) is 1. The number of carbonyl (C=O) groups is 1. The number of pyridine rings is 1. The molecule has 1 amide bonds. The van der Waals surface area contributed by atoms with Gasteiger partial charge in [-0.3, -0.25) is 4.79 Å². The minimum absolute atomic E-state index is 0.197. The van der Waals surface area contributed by atoms with Crippen molar-refractivity contribution in [2.24, 2.45) is 0 Å². The molecule has 0 spiro atoms. The van der Waals surface area contributed by atoms with Crippen LogP contribution in [0.5, 0.6) is 0 Å². The van der Waals surface area contributed by atoms with Crippen molar-refractivity contribution in [1.82, 2.24) is 19.9 Å². The number of amides is 1. The predicted molar refractivity (Wildman–Crippen MR) is 98.7 cm³/mol. The van der Waals surface area contributed by atoms with Crippen LogP contribution < -0.4 is 5.32 Å². The van der Waals surface area contributed by atoms with Gasteiger partial charge in [-0.25, -0.2) is 9.97 Å². The van der Waals surface area contributed by atoms with Gasteiger partial charge in [0.1, 0.15) is 16.9 Å². The number of rotatable bonds is 2. The van der Waals surface area contributed by atoms with Gasteiger partial charge in [-0.1, -0.05) is 25.7 Å². The van der Waals surface area contributed by atoms with Crippen LogP contribution in [0.2, 0.25) is 0 Å².